The van der Waals surface area contributed by atoms with E-state index in [0.717, 1.165) is 93.8 Å². The summed E-state index contributed by atoms with van der Waals surface area (Å²) in [4.78, 5) is 66.4. The Balaban J connectivity index is 0.000000213. The molecule has 11 rings (SSSR count). The molecule has 9 aromatic rings. The quantitative estimate of drug-likeness (QED) is 0.0411. The first-order valence-corrected chi connectivity index (χ1v) is 32.6. The number of nitrogens with one attached hydrogen (secondary N) is 4. The molecule has 7 heterocycles. The number of rotatable bonds is 19. The van der Waals surface area contributed by atoms with E-state index >= 15 is 0 Å². The summed E-state index contributed by atoms with van der Waals surface area (Å²) in [7, 11) is 0. The number of allylic oxidation sites excluding steroid dienone is 2. The van der Waals surface area contributed by atoms with Crippen LogP contribution in [0, 0.1) is 44.4 Å². The van der Waals surface area contributed by atoms with Crippen molar-refractivity contribution in [3.8, 4) is 44.8 Å². The molecular formula is C72H80N10O4S3Y. The fourth-order valence-electron chi connectivity index (χ4n) is 10.3. The van der Waals surface area contributed by atoms with Crippen molar-refractivity contribution in [3.05, 3.63) is 210 Å². The third kappa shape index (κ3) is 17.4. The maximum absolute atomic E-state index is 12.9. The second kappa shape index (κ2) is 31.1. The zero-order valence-corrected chi connectivity index (χ0v) is 58.2. The van der Waals surface area contributed by atoms with E-state index in [-0.39, 0.29) is 80.5 Å². The maximum atomic E-state index is 12.9. The van der Waals surface area contributed by atoms with Crippen molar-refractivity contribution in [1.29, 1.82) is 0 Å². The number of carboxylic acids is 1. The molecule has 4 atom stereocenters. The number of aryl methyl sites for hydroxylation is 3. The van der Waals surface area contributed by atoms with Crippen LogP contribution in [-0.2, 0) is 32.7 Å². The summed E-state index contributed by atoms with van der Waals surface area (Å²) >= 11 is 4.30. The summed E-state index contributed by atoms with van der Waals surface area (Å²) in [5.74, 6) is 1.73. The van der Waals surface area contributed by atoms with Crippen molar-refractivity contribution in [2.24, 2.45) is 45.1 Å². The molecule has 14 nitrogen and oxygen atoms in total. The smallest absolute Gasteiger partial charge is 0.345 e. The van der Waals surface area contributed by atoms with Gasteiger partial charge in [-0.25, -0.2) is 14.8 Å². The van der Waals surface area contributed by atoms with Gasteiger partial charge in [-0.1, -0.05) is 152 Å². The van der Waals surface area contributed by atoms with E-state index in [1.165, 1.54) is 56.3 Å². The van der Waals surface area contributed by atoms with Crippen LogP contribution in [0.15, 0.2) is 168 Å². The summed E-state index contributed by atoms with van der Waals surface area (Å²) in [6, 6.07) is 44.9. The first-order valence-electron chi connectivity index (χ1n) is 30.2. The molecule has 0 saturated heterocycles. The molecule has 2 aliphatic rings. The maximum Gasteiger partial charge on any atom is 0.345 e. The number of aromatic carboxylic acids is 1. The Morgan fingerprint density at radius 1 is 0.444 bits per heavy atom. The number of hydrogen-bond donors (Lipinski definition) is 7. The number of nitrogens with zero attached hydrogens (tertiary/aromatic N) is 4. The minimum Gasteiger partial charge on any atom is -0.477 e. The van der Waals surface area contributed by atoms with Crippen LogP contribution in [0.4, 0.5) is 0 Å². The van der Waals surface area contributed by atoms with Crippen molar-refractivity contribution < 1.29 is 52.2 Å². The number of aromatic amines is 2. The normalized spacial score (nSPS) is 14.1. The van der Waals surface area contributed by atoms with Crippen LogP contribution in [0.3, 0.4) is 0 Å². The first kappa shape index (κ1) is 68.6. The van der Waals surface area contributed by atoms with Crippen LogP contribution < -0.4 is 22.1 Å². The fourth-order valence-corrected chi connectivity index (χ4v) is 12.6. The molecule has 5 aromatic heterocycles. The van der Waals surface area contributed by atoms with Gasteiger partial charge in [0.25, 0.3) is 11.8 Å². The number of aliphatic imine (C=N–C) groups is 2. The molecule has 2 aliphatic heterocycles. The summed E-state index contributed by atoms with van der Waals surface area (Å²) in [5.41, 5.74) is 27.9. The van der Waals surface area contributed by atoms with Gasteiger partial charge in [0.15, 0.2) is 0 Å². The summed E-state index contributed by atoms with van der Waals surface area (Å²) in [6.45, 7) is 22.8. The SMILES string of the molecule is CC(C)[C@H](N)C1=NC=C(c2ccc(-c3ccc(-c4cnc([C@@H](N)C(C)C)[nH]4)cc3)cc2)C1.Cc1ccc(C(=O)N[C@H](C2=NC=C(c3ccc(-c4ccc(-c5cnc([C@@H](NC(=O)c6ccc(C)s6)C(C)C)[nH]5)cc4)cc3)C2)C(C)C)s1.Cc1ccc(C(=O)O)s1.[Y]. The van der Waals surface area contributed by atoms with E-state index in [1.54, 1.807) is 12.1 Å². The van der Waals surface area contributed by atoms with Crippen LogP contribution in [0.25, 0.3) is 55.9 Å². The average Bonchev–Trinajstić information content (AvgIpc) is 2.05. The Morgan fingerprint density at radius 2 is 0.789 bits per heavy atom. The monoisotopic (exact) mass is 1330 g/mol. The Kier molecular flexibility index (Phi) is 23.7. The van der Waals surface area contributed by atoms with Crippen LogP contribution in [-0.4, -0.2) is 66.3 Å². The molecule has 90 heavy (non-hydrogen) atoms. The van der Waals surface area contributed by atoms with Gasteiger partial charge in [0, 0.05) is 90.0 Å². The van der Waals surface area contributed by atoms with Crippen molar-refractivity contribution in [2.75, 3.05) is 0 Å². The topological polar surface area (TPSA) is 230 Å². The number of amides is 2. The Labute approximate surface area is 565 Å². The van der Waals surface area contributed by atoms with E-state index < -0.39 is 5.97 Å². The molecular weight excluding hydrogens is 1250 g/mol. The number of aromatic nitrogens is 4. The van der Waals surface area contributed by atoms with Gasteiger partial charge in [0.2, 0.25) is 0 Å². The fraction of sp³-hybridized carbons (Fsp3) is 0.292. The standard InChI is InChI=1S/C39H41N5O2S2.C27H33N5.C6H6O2S.Y/c1-22(2)35(43-38(45)33-17-7-24(5)47-33)31-19-30(20-40-31)28-11-9-26(10-12-28)27-13-15-29(16-14-27)32-21-41-37(42-32)36(23(3)4)44-39(46)34-18-8-25(6)48-34;1-16(2)25(28)23-13-22(14-30-23)20-7-5-18(6-8-20)19-9-11-21(12-10-19)24-15-31-27(32-24)26(29)17(3)4;1-4-2-3-5(9-4)6(7)8;/h7-18,20-23,35-36H,19H2,1-6H3,(H,41,42)(H,43,45)(H,44,46);5-12,14-17,25-26H,13,28-29H2,1-4H3,(H,31,32);2-3H,1H3,(H,7,8);/t35-,36-;25-,26-;;/m00../s1. The second-order valence-corrected chi connectivity index (χ2v) is 27.9. The largest absolute Gasteiger partial charge is 0.477 e. The van der Waals surface area contributed by atoms with Gasteiger partial charge in [-0.05, 0) is 136 Å². The number of carbonyl (C=O) groups is 3. The van der Waals surface area contributed by atoms with E-state index in [1.807, 2.05) is 69.8 Å². The van der Waals surface area contributed by atoms with Gasteiger partial charge >= 0.3 is 5.97 Å². The zero-order chi connectivity index (χ0) is 63.6. The van der Waals surface area contributed by atoms with E-state index in [4.69, 9.17) is 21.6 Å². The molecule has 0 spiro atoms. The van der Waals surface area contributed by atoms with Gasteiger partial charge in [-0.2, -0.15) is 0 Å². The number of hydrogen-bond acceptors (Lipinski definition) is 12. The van der Waals surface area contributed by atoms with Crippen molar-refractivity contribution in [1.82, 2.24) is 30.6 Å². The van der Waals surface area contributed by atoms with Crippen LogP contribution >= 0.6 is 34.0 Å². The van der Waals surface area contributed by atoms with Crippen molar-refractivity contribution in [2.45, 2.75) is 113 Å². The Morgan fingerprint density at radius 3 is 1.16 bits per heavy atom. The number of nitrogens with two attached hydrogens (primary N) is 2. The molecule has 18 heteroatoms. The van der Waals surface area contributed by atoms with Crippen LogP contribution in [0.5, 0.6) is 0 Å². The van der Waals surface area contributed by atoms with Crippen LogP contribution in [0.1, 0.15) is 147 Å². The van der Waals surface area contributed by atoms with Gasteiger partial charge in [0.1, 0.15) is 16.5 Å². The van der Waals surface area contributed by atoms with E-state index in [0.29, 0.717) is 28.0 Å². The van der Waals surface area contributed by atoms with Gasteiger partial charge in [-0.3, -0.25) is 19.6 Å². The molecule has 0 saturated carbocycles. The molecule has 1 radical (unpaired) electrons. The summed E-state index contributed by atoms with van der Waals surface area (Å²) < 4.78 is 0. The number of thiophene rings is 3. The van der Waals surface area contributed by atoms with Crippen molar-refractivity contribution >= 4 is 74.4 Å². The summed E-state index contributed by atoms with van der Waals surface area (Å²) in [5, 5.41) is 14.8. The molecule has 2 amide bonds. The molecule has 0 fully saturated rings. The van der Waals surface area contributed by atoms with Gasteiger partial charge in [0.05, 0.1) is 51.7 Å². The number of benzene rings is 4. The molecule has 0 aliphatic carbocycles. The number of carbonyl (C=O) groups excluding carboxylic acids is 2. The third-order valence-corrected chi connectivity index (χ3v) is 18.8. The second-order valence-electron chi connectivity index (χ2n) is 24.0. The Bertz CT molecular complexity index is 4030. The molecule has 463 valence electrons. The molecule has 0 bridgehead atoms. The van der Waals surface area contributed by atoms with E-state index in [2.05, 4.69) is 188 Å². The molecule has 0 unspecified atom stereocenters. The molecule has 4 aromatic carbocycles. The number of H-pyrrole nitrogens is 2. The number of imidazole rings is 2. The van der Waals surface area contributed by atoms with Crippen molar-refractivity contribution in [3.63, 3.8) is 0 Å². The molecule has 9 N–H and O–H groups in total. The van der Waals surface area contributed by atoms with E-state index in [9.17, 15) is 14.4 Å². The predicted octanol–water partition coefficient (Wildman–Crippen LogP) is 16.6. The third-order valence-electron chi connectivity index (χ3n) is 15.9. The predicted molar refractivity (Wildman–Crippen MR) is 369 cm³/mol. The minimum atomic E-state index is -0.840. The van der Waals surface area contributed by atoms with Gasteiger partial charge < -0.3 is 37.2 Å². The average molecular weight is 1330 g/mol. The zero-order valence-electron chi connectivity index (χ0n) is 53.0. The van der Waals surface area contributed by atoms with Crippen LogP contribution in [0.2, 0.25) is 0 Å². The van der Waals surface area contributed by atoms with Gasteiger partial charge in [-0.15, -0.1) is 34.0 Å². The summed E-state index contributed by atoms with van der Waals surface area (Å²) in [6.07, 6.45) is 9.14. The minimum absolute atomic E-state index is 0. The first-order chi connectivity index (χ1) is 42.6. The Hall–Kier alpha value is -7.35. The number of carboxylic acid groups (broad SMARTS) is 1.